The predicted octanol–water partition coefficient (Wildman–Crippen LogP) is 4.51. The van der Waals surface area contributed by atoms with Crippen molar-refractivity contribution in [2.24, 2.45) is 0 Å². The summed E-state index contributed by atoms with van der Waals surface area (Å²) in [6, 6.07) is 14.7. The topological polar surface area (TPSA) is 68.5 Å². The Morgan fingerprint density at radius 1 is 1.11 bits per heavy atom. The molecular formula is C21H22ClN3O3. The fourth-order valence-electron chi connectivity index (χ4n) is 2.59. The summed E-state index contributed by atoms with van der Waals surface area (Å²) in [6.45, 7) is 6.02. The number of aromatic nitrogens is 2. The van der Waals surface area contributed by atoms with E-state index in [0.29, 0.717) is 22.6 Å². The summed E-state index contributed by atoms with van der Waals surface area (Å²) in [5, 5.41) is 8.76. The minimum absolute atomic E-state index is 0.0417. The Hall–Kier alpha value is -2.86. The molecule has 0 aliphatic heterocycles. The van der Waals surface area contributed by atoms with Crippen molar-refractivity contribution in [3.05, 3.63) is 65.0 Å². The van der Waals surface area contributed by atoms with Gasteiger partial charge in [-0.25, -0.2) is 0 Å². The maximum atomic E-state index is 12.6. The molecule has 7 heteroatoms. The fraction of sp³-hybridized carbons (Fsp3) is 0.286. The second-order valence-corrected chi connectivity index (χ2v) is 7.16. The summed E-state index contributed by atoms with van der Waals surface area (Å²) in [5.74, 6) is 1.26. The monoisotopic (exact) mass is 399 g/mol. The van der Waals surface area contributed by atoms with E-state index in [4.69, 9.17) is 20.8 Å². The van der Waals surface area contributed by atoms with Gasteiger partial charge in [0, 0.05) is 16.6 Å². The van der Waals surface area contributed by atoms with E-state index in [1.165, 1.54) is 0 Å². The molecule has 0 spiro atoms. The Balaban J connectivity index is 1.64. The maximum absolute atomic E-state index is 12.6. The van der Waals surface area contributed by atoms with Crippen molar-refractivity contribution in [2.75, 3.05) is 6.61 Å². The average molecular weight is 400 g/mol. The van der Waals surface area contributed by atoms with Crippen LogP contribution in [0.5, 0.6) is 5.75 Å². The third kappa shape index (κ3) is 5.10. The number of halogens is 1. The summed E-state index contributed by atoms with van der Waals surface area (Å²) in [5.41, 5.74) is 1.91. The van der Waals surface area contributed by atoms with Crippen LogP contribution < -0.4 is 4.74 Å². The van der Waals surface area contributed by atoms with Crippen LogP contribution in [0.25, 0.3) is 11.5 Å². The molecule has 6 nitrogen and oxygen atoms in total. The zero-order valence-electron chi connectivity index (χ0n) is 16.1. The lowest BCUT2D eigenvalue weighted by molar-refractivity contribution is -0.136. The minimum Gasteiger partial charge on any atom is -0.484 e. The number of benzene rings is 2. The van der Waals surface area contributed by atoms with Gasteiger partial charge in [-0.2, -0.15) is 0 Å². The molecule has 2 aromatic carbocycles. The third-order valence-corrected chi connectivity index (χ3v) is 4.44. The van der Waals surface area contributed by atoms with Gasteiger partial charge in [0.2, 0.25) is 11.8 Å². The number of hydrogen-bond acceptors (Lipinski definition) is 5. The third-order valence-electron chi connectivity index (χ3n) is 4.19. The SMILES string of the molecule is Cc1ccc(OCC(=O)N(Cc2nnc(-c3ccc(Cl)cc3)o2)C(C)C)cc1. The Bertz CT molecular complexity index is 921. The molecule has 0 aliphatic carbocycles. The van der Waals surface area contributed by atoms with E-state index >= 15 is 0 Å². The molecule has 1 heterocycles. The van der Waals surface area contributed by atoms with E-state index in [0.717, 1.165) is 11.1 Å². The van der Waals surface area contributed by atoms with Gasteiger partial charge in [-0.1, -0.05) is 29.3 Å². The number of carbonyl (C=O) groups excluding carboxylic acids is 1. The van der Waals surface area contributed by atoms with Crippen LogP contribution in [0.2, 0.25) is 5.02 Å². The van der Waals surface area contributed by atoms with Crippen LogP contribution in [-0.4, -0.2) is 33.7 Å². The Morgan fingerprint density at radius 2 is 1.79 bits per heavy atom. The van der Waals surface area contributed by atoms with E-state index in [-0.39, 0.29) is 25.1 Å². The summed E-state index contributed by atoms with van der Waals surface area (Å²) in [6.07, 6.45) is 0. The lowest BCUT2D eigenvalue weighted by atomic mass is 10.2. The van der Waals surface area contributed by atoms with Crippen molar-refractivity contribution in [2.45, 2.75) is 33.4 Å². The molecule has 0 fully saturated rings. The molecule has 0 saturated heterocycles. The maximum Gasteiger partial charge on any atom is 0.261 e. The quantitative estimate of drug-likeness (QED) is 0.584. The molecule has 0 saturated carbocycles. The van der Waals surface area contributed by atoms with Crippen LogP contribution in [0, 0.1) is 6.92 Å². The van der Waals surface area contributed by atoms with Gasteiger partial charge < -0.3 is 14.1 Å². The van der Waals surface area contributed by atoms with Gasteiger partial charge >= 0.3 is 0 Å². The second-order valence-electron chi connectivity index (χ2n) is 6.72. The number of carbonyl (C=O) groups is 1. The molecule has 1 amide bonds. The van der Waals surface area contributed by atoms with Crippen molar-refractivity contribution < 1.29 is 13.9 Å². The average Bonchev–Trinajstić information content (AvgIpc) is 3.14. The first kappa shape index (κ1) is 19.9. The Morgan fingerprint density at radius 3 is 2.43 bits per heavy atom. The van der Waals surface area contributed by atoms with E-state index in [9.17, 15) is 4.79 Å². The molecule has 146 valence electrons. The van der Waals surface area contributed by atoms with Crippen LogP contribution in [-0.2, 0) is 11.3 Å². The Labute approximate surface area is 169 Å². The smallest absolute Gasteiger partial charge is 0.261 e. The zero-order chi connectivity index (χ0) is 20.1. The number of ether oxygens (including phenoxy) is 1. The van der Waals surface area contributed by atoms with E-state index in [1.807, 2.05) is 45.0 Å². The molecule has 3 aromatic rings. The number of nitrogens with zero attached hydrogens (tertiary/aromatic N) is 3. The van der Waals surface area contributed by atoms with Crippen LogP contribution in [0.15, 0.2) is 52.9 Å². The highest BCUT2D eigenvalue weighted by Crippen LogP contribution is 2.21. The number of aryl methyl sites for hydroxylation is 1. The highest BCUT2D eigenvalue weighted by molar-refractivity contribution is 6.30. The van der Waals surface area contributed by atoms with Crippen molar-refractivity contribution in [3.8, 4) is 17.2 Å². The number of rotatable bonds is 7. The minimum atomic E-state index is -0.151. The van der Waals surface area contributed by atoms with Crippen LogP contribution in [0.4, 0.5) is 0 Å². The van der Waals surface area contributed by atoms with Crippen LogP contribution in [0.1, 0.15) is 25.3 Å². The van der Waals surface area contributed by atoms with Gasteiger partial charge in [0.25, 0.3) is 5.91 Å². The molecule has 1 aromatic heterocycles. The first-order valence-electron chi connectivity index (χ1n) is 8.99. The molecule has 0 atom stereocenters. The van der Waals surface area contributed by atoms with Crippen LogP contribution >= 0.6 is 11.6 Å². The molecule has 0 unspecified atom stereocenters. The van der Waals surface area contributed by atoms with E-state index in [2.05, 4.69) is 10.2 Å². The number of hydrogen-bond donors (Lipinski definition) is 0. The Kier molecular flexibility index (Phi) is 6.31. The van der Waals surface area contributed by atoms with Crippen molar-refractivity contribution in [1.82, 2.24) is 15.1 Å². The van der Waals surface area contributed by atoms with Gasteiger partial charge in [0.15, 0.2) is 6.61 Å². The summed E-state index contributed by atoms with van der Waals surface area (Å²) < 4.78 is 11.3. The lowest BCUT2D eigenvalue weighted by Crippen LogP contribution is -2.39. The molecule has 3 rings (SSSR count). The molecule has 28 heavy (non-hydrogen) atoms. The predicted molar refractivity (Wildman–Crippen MR) is 107 cm³/mol. The van der Waals surface area contributed by atoms with Gasteiger partial charge in [-0.3, -0.25) is 4.79 Å². The van der Waals surface area contributed by atoms with Gasteiger partial charge in [-0.15, -0.1) is 10.2 Å². The van der Waals surface area contributed by atoms with Gasteiger partial charge in [-0.05, 0) is 57.2 Å². The molecular weight excluding hydrogens is 378 g/mol. The summed E-state index contributed by atoms with van der Waals surface area (Å²) in [7, 11) is 0. The van der Waals surface area contributed by atoms with Gasteiger partial charge in [0.1, 0.15) is 5.75 Å². The van der Waals surface area contributed by atoms with E-state index < -0.39 is 0 Å². The van der Waals surface area contributed by atoms with Crippen LogP contribution in [0.3, 0.4) is 0 Å². The fourth-order valence-corrected chi connectivity index (χ4v) is 2.72. The molecule has 0 radical (unpaired) electrons. The molecule has 0 N–H and O–H groups in total. The first-order chi connectivity index (χ1) is 13.4. The highest BCUT2D eigenvalue weighted by atomic mass is 35.5. The van der Waals surface area contributed by atoms with Crippen molar-refractivity contribution >= 4 is 17.5 Å². The summed E-state index contributed by atoms with van der Waals surface area (Å²) in [4.78, 5) is 14.3. The highest BCUT2D eigenvalue weighted by Gasteiger charge is 2.21. The number of amides is 1. The van der Waals surface area contributed by atoms with Crippen molar-refractivity contribution in [3.63, 3.8) is 0 Å². The largest absolute Gasteiger partial charge is 0.484 e. The standard InChI is InChI=1S/C21H22ClN3O3/c1-14(2)25(20(26)13-27-18-10-4-15(3)5-11-18)12-19-23-24-21(28-19)16-6-8-17(22)9-7-16/h4-11,14H,12-13H2,1-3H3. The van der Waals surface area contributed by atoms with E-state index in [1.54, 1.807) is 29.2 Å². The molecule has 0 aliphatic rings. The summed E-state index contributed by atoms with van der Waals surface area (Å²) >= 11 is 5.90. The van der Waals surface area contributed by atoms with Crippen molar-refractivity contribution in [1.29, 1.82) is 0 Å². The second kappa shape index (κ2) is 8.89. The molecule has 0 bridgehead atoms. The van der Waals surface area contributed by atoms with Gasteiger partial charge in [0.05, 0.1) is 6.54 Å². The normalized spacial score (nSPS) is 10.9. The lowest BCUT2D eigenvalue weighted by Gasteiger charge is -2.25. The first-order valence-corrected chi connectivity index (χ1v) is 9.37. The zero-order valence-corrected chi connectivity index (χ0v) is 16.8.